The summed E-state index contributed by atoms with van der Waals surface area (Å²) in [4.78, 5) is 10.4. The van der Waals surface area contributed by atoms with Gasteiger partial charge in [-0.1, -0.05) is 6.08 Å². The van der Waals surface area contributed by atoms with Gasteiger partial charge in [0.05, 0.1) is 0 Å². The molecule has 0 aromatic heterocycles. The topological polar surface area (TPSA) is 17.1 Å². The summed E-state index contributed by atoms with van der Waals surface area (Å²) < 4.78 is 0. The van der Waals surface area contributed by atoms with Crippen LogP contribution in [0.3, 0.4) is 0 Å². The predicted molar refractivity (Wildman–Crippen MR) is 29.1 cm³/mol. The molecule has 0 atom stereocenters. The van der Waals surface area contributed by atoms with E-state index < -0.39 is 0 Å². The minimum absolute atomic E-state index is 0. The Morgan fingerprint density at radius 2 is 2.38 bits per heavy atom. The van der Waals surface area contributed by atoms with E-state index in [2.05, 4.69) is 0 Å². The van der Waals surface area contributed by atoms with Crippen LogP contribution in [0, 0.1) is 0 Å². The van der Waals surface area contributed by atoms with Gasteiger partial charge in [0.15, 0.2) is 5.78 Å². The van der Waals surface area contributed by atoms with Crippen LogP contribution in [-0.2, 0) is 4.79 Å². The molecule has 1 rings (SSSR count). The average Bonchev–Trinajstić information content (AvgIpc) is 1.69. The van der Waals surface area contributed by atoms with Gasteiger partial charge >= 0.3 is 18.9 Å². The fourth-order valence-electron chi connectivity index (χ4n) is 0.692. The first kappa shape index (κ1) is 8.01. The number of carbonyl (C=O) groups excluding carboxylic acids is 1. The third-order valence-electron chi connectivity index (χ3n) is 1.10. The van der Waals surface area contributed by atoms with Gasteiger partial charge in [-0.3, -0.25) is 4.79 Å². The standard InChI is InChI=1S/C6H8O.Li.H/c7-6-4-2-1-3-5-6;;/h2,4H,1,3,5H2;;/q;+1;-1. The molecular weight excluding hydrogens is 95.0 g/mol. The van der Waals surface area contributed by atoms with E-state index >= 15 is 0 Å². The molecule has 0 aromatic rings. The molecule has 0 unspecified atom stereocenters. The summed E-state index contributed by atoms with van der Waals surface area (Å²) in [5.41, 5.74) is 0. The summed E-state index contributed by atoms with van der Waals surface area (Å²) in [5.74, 6) is 0.284. The zero-order valence-electron chi connectivity index (χ0n) is 6.18. The summed E-state index contributed by atoms with van der Waals surface area (Å²) in [6.45, 7) is 0. The Labute approximate surface area is 62.8 Å². The van der Waals surface area contributed by atoms with Crippen LogP contribution in [0.5, 0.6) is 0 Å². The maximum absolute atomic E-state index is 10.4. The van der Waals surface area contributed by atoms with Gasteiger partial charge in [-0.2, -0.15) is 0 Å². The first-order chi connectivity index (χ1) is 3.39. The molecule has 0 aromatic carbocycles. The average molecular weight is 104 g/mol. The fraction of sp³-hybridized carbons (Fsp3) is 0.500. The van der Waals surface area contributed by atoms with Crippen LogP contribution >= 0.6 is 0 Å². The van der Waals surface area contributed by atoms with E-state index in [0.29, 0.717) is 0 Å². The van der Waals surface area contributed by atoms with E-state index in [9.17, 15) is 4.79 Å². The second kappa shape index (κ2) is 3.94. The zero-order valence-corrected chi connectivity index (χ0v) is 5.18. The Bertz CT molecular complexity index is 112. The van der Waals surface area contributed by atoms with Crippen LogP contribution < -0.4 is 18.9 Å². The second-order valence-corrected chi connectivity index (χ2v) is 1.76. The molecule has 0 N–H and O–H groups in total. The van der Waals surface area contributed by atoms with Crippen LogP contribution in [0.15, 0.2) is 12.2 Å². The van der Waals surface area contributed by atoms with E-state index in [1.54, 1.807) is 6.08 Å². The minimum Gasteiger partial charge on any atom is -1.00 e. The number of ketones is 1. The molecule has 0 saturated heterocycles. The van der Waals surface area contributed by atoms with Crippen molar-refractivity contribution in [1.82, 2.24) is 0 Å². The minimum atomic E-state index is 0. The van der Waals surface area contributed by atoms with E-state index in [1.165, 1.54) is 0 Å². The van der Waals surface area contributed by atoms with Crippen molar-refractivity contribution in [2.24, 2.45) is 0 Å². The predicted octanol–water partition coefficient (Wildman–Crippen LogP) is -1.59. The Kier molecular flexibility index (Phi) is 3.95. The molecule has 0 fully saturated rings. The van der Waals surface area contributed by atoms with Crippen molar-refractivity contribution in [3.8, 4) is 0 Å². The number of carbonyl (C=O) groups is 1. The van der Waals surface area contributed by atoms with Crippen molar-refractivity contribution < 1.29 is 25.1 Å². The SMILES string of the molecule is O=C1C=CCCC1.[H-].[Li+]. The molecule has 0 saturated carbocycles. The molecule has 8 heavy (non-hydrogen) atoms. The second-order valence-electron chi connectivity index (χ2n) is 1.76. The third kappa shape index (κ3) is 2.35. The van der Waals surface area contributed by atoms with Crippen LogP contribution in [0.25, 0.3) is 0 Å². The zero-order chi connectivity index (χ0) is 5.11. The number of hydrogen-bond donors (Lipinski definition) is 0. The van der Waals surface area contributed by atoms with Gasteiger partial charge in [0.1, 0.15) is 0 Å². The van der Waals surface area contributed by atoms with E-state index in [-0.39, 0.29) is 26.1 Å². The number of allylic oxidation sites excluding steroid dienone is 2. The molecular formula is C6H9LiO. The van der Waals surface area contributed by atoms with Gasteiger partial charge in [-0.15, -0.1) is 0 Å². The van der Waals surface area contributed by atoms with Crippen LogP contribution in [0.4, 0.5) is 0 Å². The Morgan fingerprint density at radius 1 is 1.62 bits per heavy atom. The van der Waals surface area contributed by atoms with Crippen molar-refractivity contribution in [2.75, 3.05) is 0 Å². The van der Waals surface area contributed by atoms with Gasteiger partial charge < -0.3 is 1.43 Å². The van der Waals surface area contributed by atoms with Crippen LogP contribution in [-0.4, -0.2) is 5.78 Å². The van der Waals surface area contributed by atoms with Crippen molar-refractivity contribution in [1.29, 1.82) is 0 Å². The quantitative estimate of drug-likeness (QED) is 0.339. The van der Waals surface area contributed by atoms with Crippen LogP contribution in [0.2, 0.25) is 0 Å². The van der Waals surface area contributed by atoms with Crippen molar-refractivity contribution in [3.63, 3.8) is 0 Å². The summed E-state index contributed by atoms with van der Waals surface area (Å²) in [7, 11) is 0. The first-order valence-electron chi connectivity index (χ1n) is 2.59. The normalized spacial score (nSPS) is 17.8. The third-order valence-corrected chi connectivity index (χ3v) is 1.10. The first-order valence-corrected chi connectivity index (χ1v) is 2.59. The van der Waals surface area contributed by atoms with Crippen LogP contribution in [0.1, 0.15) is 20.7 Å². The molecule has 1 aliphatic carbocycles. The molecule has 40 valence electrons. The Morgan fingerprint density at radius 3 is 2.62 bits per heavy atom. The Balaban J connectivity index is 0. The molecule has 1 aliphatic rings. The monoisotopic (exact) mass is 104 g/mol. The summed E-state index contributed by atoms with van der Waals surface area (Å²) in [6.07, 6.45) is 6.51. The van der Waals surface area contributed by atoms with Crippen molar-refractivity contribution >= 4 is 5.78 Å². The maximum Gasteiger partial charge on any atom is 1.00 e. The van der Waals surface area contributed by atoms with Gasteiger partial charge in [0, 0.05) is 6.42 Å². The number of hydrogen-bond acceptors (Lipinski definition) is 1. The van der Waals surface area contributed by atoms with Gasteiger partial charge in [0.2, 0.25) is 0 Å². The fourth-order valence-corrected chi connectivity index (χ4v) is 0.692. The van der Waals surface area contributed by atoms with E-state index in [4.69, 9.17) is 0 Å². The van der Waals surface area contributed by atoms with Crippen molar-refractivity contribution in [2.45, 2.75) is 19.3 Å². The maximum atomic E-state index is 10.4. The Hall–Kier alpha value is 0.00740. The van der Waals surface area contributed by atoms with Crippen molar-refractivity contribution in [3.05, 3.63) is 12.2 Å². The van der Waals surface area contributed by atoms with E-state index in [1.807, 2.05) is 6.08 Å². The molecule has 2 heteroatoms. The number of rotatable bonds is 0. The van der Waals surface area contributed by atoms with Gasteiger partial charge in [-0.05, 0) is 18.9 Å². The molecule has 0 aliphatic heterocycles. The summed E-state index contributed by atoms with van der Waals surface area (Å²) in [6, 6.07) is 0. The summed E-state index contributed by atoms with van der Waals surface area (Å²) >= 11 is 0. The molecule has 0 heterocycles. The summed E-state index contributed by atoms with van der Waals surface area (Å²) in [5, 5.41) is 0. The van der Waals surface area contributed by atoms with E-state index in [0.717, 1.165) is 19.3 Å². The molecule has 0 radical (unpaired) electrons. The largest absolute Gasteiger partial charge is 1.00 e. The van der Waals surface area contributed by atoms with Gasteiger partial charge in [-0.25, -0.2) is 0 Å². The molecule has 1 nitrogen and oxygen atoms in total. The smallest absolute Gasteiger partial charge is 1.00 e. The van der Waals surface area contributed by atoms with Gasteiger partial charge in [0.25, 0.3) is 0 Å². The molecule has 0 amide bonds. The molecule has 0 spiro atoms. The molecule has 0 bridgehead atoms.